The number of hydrogen-bond donors (Lipinski definition) is 0. The summed E-state index contributed by atoms with van der Waals surface area (Å²) in [5, 5.41) is 0. The van der Waals surface area contributed by atoms with Gasteiger partial charge in [0.2, 0.25) is 0 Å². The van der Waals surface area contributed by atoms with Crippen LogP contribution in [-0.4, -0.2) is 11.9 Å². The molecule has 0 radical (unpaired) electrons. The minimum Gasteiger partial charge on any atom is -0.386 e. The Hall–Kier alpha value is -2.86. The molecular formula is C17H10O3. The summed E-state index contributed by atoms with van der Waals surface area (Å²) in [6, 6.07) is 12.8. The number of carbonyl (C=O) groups is 2. The zero-order valence-electron chi connectivity index (χ0n) is 10.8. The Kier molecular flexibility index (Phi) is 2.85. The Bertz CT molecular complexity index is 777. The maximum absolute atomic E-state index is 11.5. The van der Waals surface area contributed by atoms with Crippen LogP contribution in [0.5, 0.6) is 0 Å². The molecule has 0 bridgehead atoms. The van der Waals surface area contributed by atoms with Crippen LogP contribution in [0.15, 0.2) is 42.5 Å². The Morgan fingerprint density at radius 2 is 1.55 bits per heavy atom. The van der Waals surface area contributed by atoms with Crippen LogP contribution in [0.4, 0.5) is 0 Å². The van der Waals surface area contributed by atoms with Crippen LogP contribution in [0.2, 0.25) is 0 Å². The molecule has 3 heteroatoms. The first kappa shape index (κ1) is 12.2. The molecule has 2 aromatic rings. The summed E-state index contributed by atoms with van der Waals surface area (Å²) in [4.78, 5) is 23.0. The Morgan fingerprint density at radius 1 is 0.900 bits per heavy atom. The van der Waals surface area contributed by atoms with Gasteiger partial charge in [0.15, 0.2) is 0 Å². The first-order chi connectivity index (χ1) is 9.65. The SMILES string of the molecule is Cc1cc2c(cc1C#Cc1ccccc1)C(=O)OC2=O. The number of rotatable bonds is 0. The van der Waals surface area contributed by atoms with Gasteiger partial charge in [-0.3, -0.25) is 0 Å². The fraction of sp³-hybridized carbons (Fsp3) is 0.0588. The number of cyclic esters (lactones) is 2. The summed E-state index contributed by atoms with van der Waals surface area (Å²) in [5.74, 6) is 4.87. The average molecular weight is 262 g/mol. The van der Waals surface area contributed by atoms with Crippen LogP contribution in [0.25, 0.3) is 0 Å². The molecule has 3 rings (SSSR count). The third-order valence-corrected chi connectivity index (χ3v) is 3.11. The van der Waals surface area contributed by atoms with E-state index < -0.39 is 11.9 Å². The summed E-state index contributed by atoms with van der Waals surface area (Å²) in [6.07, 6.45) is 0. The molecule has 0 aromatic heterocycles. The average Bonchev–Trinajstić information content (AvgIpc) is 2.72. The first-order valence-electron chi connectivity index (χ1n) is 6.13. The van der Waals surface area contributed by atoms with E-state index >= 15 is 0 Å². The number of fused-ring (bicyclic) bond motifs is 1. The van der Waals surface area contributed by atoms with Gasteiger partial charge >= 0.3 is 11.9 Å². The number of benzene rings is 2. The lowest BCUT2D eigenvalue weighted by Gasteiger charge is -2.00. The van der Waals surface area contributed by atoms with Crippen molar-refractivity contribution in [2.24, 2.45) is 0 Å². The molecule has 1 heterocycles. The van der Waals surface area contributed by atoms with Gasteiger partial charge in [-0.2, -0.15) is 0 Å². The van der Waals surface area contributed by atoms with Gasteiger partial charge in [0, 0.05) is 11.1 Å². The molecule has 1 aliphatic heterocycles. The summed E-state index contributed by atoms with van der Waals surface area (Å²) < 4.78 is 4.58. The summed E-state index contributed by atoms with van der Waals surface area (Å²) in [5.41, 5.74) is 3.07. The van der Waals surface area contributed by atoms with Crippen molar-refractivity contribution in [2.45, 2.75) is 6.92 Å². The van der Waals surface area contributed by atoms with Crippen molar-refractivity contribution in [3.63, 3.8) is 0 Å². The topological polar surface area (TPSA) is 43.4 Å². The van der Waals surface area contributed by atoms with E-state index in [0.29, 0.717) is 5.56 Å². The Labute approximate surface area is 116 Å². The van der Waals surface area contributed by atoms with Crippen molar-refractivity contribution in [2.75, 3.05) is 0 Å². The van der Waals surface area contributed by atoms with Crippen LogP contribution in [0.3, 0.4) is 0 Å². The fourth-order valence-corrected chi connectivity index (χ4v) is 2.04. The van der Waals surface area contributed by atoms with Crippen molar-refractivity contribution in [3.05, 3.63) is 70.3 Å². The highest BCUT2D eigenvalue weighted by atomic mass is 16.6. The largest absolute Gasteiger partial charge is 0.386 e. The minimum absolute atomic E-state index is 0.290. The monoisotopic (exact) mass is 262 g/mol. The summed E-state index contributed by atoms with van der Waals surface area (Å²) in [7, 11) is 0. The molecule has 0 amide bonds. The van der Waals surface area contributed by atoms with E-state index in [1.54, 1.807) is 12.1 Å². The third kappa shape index (κ3) is 2.08. The van der Waals surface area contributed by atoms with Crippen molar-refractivity contribution < 1.29 is 14.3 Å². The van der Waals surface area contributed by atoms with E-state index in [1.165, 1.54) is 0 Å². The third-order valence-electron chi connectivity index (χ3n) is 3.11. The van der Waals surface area contributed by atoms with Crippen molar-refractivity contribution in [1.29, 1.82) is 0 Å². The zero-order chi connectivity index (χ0) is 14.1. The Balaban J connectivity index is 2.05. The molecule has 0 fully saturated rings. The Morgan fingerprint density at radius 3 is 2.25 bits per heavy atom. The van der Waals surface area contributed by atoms with E-state index in [-0.39, 0.29) is 5.56 Å². The maximum Gasteiger partial charge on any atom is 0.346 e. The quantitative estimate of drug-likeness (QED) is 0.416. The molecule has 0 N–H and O–H groups in total. The highest BCUT2D eigenvalue weighted by Gasteiger charge is 2.30. The van der Waals surface area contributed by atoms with Gasteiger partial charge in [-0.05, 0) is 36.8 Å². The standard InChI is InChI=1S/C17H10O3/c1-11-9-14-15(17(19)20-16(14)18)10-13(11)8-7-12-5-3-2-4-6-12/h2-6,9-10H,1H3. The van der Waals surface area contributed by atoms with E-state index in [0.717, 1.165) is 16.7 Å². The molecule has 2 aromatic carbocycles. The van der Waals surface area contributed by atoms with E-state index in [9.17, 15) is 9.59 Å². The molecule has 0 saturated carbocycles. The molecule has 0 aliphatic carbocycles. The predicted octanol–water partition coefficient (Wildman–Crippen LogP) is 2.71. The lowest BCUT2D eigenvalue weighted by molar-refractivity contribution is 0.0444. The zero-order valence-corrected chi connectivity index (χ0v) is 10.8. The first-order valence-corrected chi connectivity index (χ1v) is 6.13. The van der Waals surface area contributed by atoms with Crippen LogP contribution >= 0.6 is 0 Å². The molecule has 0 unspecified atom stereocenters. The maximum atomic E-state index is 11.5. The van der Waals surface area contributed by atoms with Gasteiger partial charge in [0.25, 0.3) is 0 Å². The number of esters is 2. The highest BCUT2D eigenvalue weighted by Crippen LogP contribution is 2.23. The predicted molar refractivity (Wildman–Crippen MR) is 73.3 cm³/mol. The number of ether oxygens (including phenoxy) is 1. The van der Waals surface area contributed by atoms with E-state index in [4.69, 9.17) is 0 Å². The van der Waals surface area contributed by atoms with Crippen molar-refractivity contribution in [1.82, 2.24) is 0 Å². The van der Waals surface area contributed by atoms with E-state index in [1.807, 2.05) is 37.3 Å². The van der Waals surface area contributed by atoms with Crippen molar-refractivity contribution in [3.8, 4) is 11.8 Å². The van der Waals surface area contributed by atoms with Gasteiger partial charge in [0.05, 0.1) is 11.1 Å². The molecule has 0 spiro atoms. The second kappa shape index (κ2) is 4.67. The second-order valence-corrected chi connectivity index (χ2v) is 4.51. The number of carbonyl (C=O) groups excluding carboxylic acids is 2. The molecular weight excluding hydrogens is 252 g/mol. The molecule has 3 nitrogen and oxygen atoms in total. The highest BCUT2D eigenvalue weighted by molar-refractivity contribution is 6.15. The van der Waals surface area contributed by atoms with Crippen LogP contribution in [0.1, 0.15) is 37.4 Å². The summed E-state index contributed by atoms with van der Waals surface area (Å²) in [6.45, 7) is 1.85. The lowest BCUT2D eigenvalue weighted by Crippen LogP contribution is -1.96. The normalized spacial score (nSPS) is 12.4. The molecule has 0 atom stereocenters. The lowest BCUT2D eigenvalue weighted by atomic mass is 10.0. The van der Waals surface area contributed by atoms with Crippen LogP contribution < -0.4 is 0 Å². The van der Waals surface area contributed by atoms with Gasteiger partial charge in [0.1, 0.15) is 0 Å². The molecule has 1 aliphatic rings. The van der Waals surface area contributed by atoms with Crippen LogP contribution in [0, 0.1) is 18.8 Å². The molecule has 0 saturated heterocycles. The van der Waals surface area contributed by atoms with Gasteiger partial charge in [-0.15, -0.1) is 0 Å². The molecule has 96 valence electrons. The smallest absolute Gasteiger partial charge is 0.346 e. The summed E-state index contributed by atoms with van der Waals surface area (Å²) >= 11 is 0. The number of aryl methyl sites for hydroxylation is 1. The molecule has 20 heavy (non-hydrogen) atoms. The van der Waals surface area contributed by atoms with Gasteiger partial charge < -0.3 is 4.74 Å². The van der Waals surface area contributed by atoms with Gasteiger partial charge in [-0.25, -0.2) is 9.59 Å². The van der Waals surface area contributed by atoms with Crippen LogP contribution in [-0.2, 0) is 4.74 Å². The van der Waals surface area contributed by atoms with Crippen molar-refractivity contribution >= 4 is 11.9 Å². The van der Waals surface area contributed by atoms with Gasteiger partial charge in [-0.1, -0.05) is 30.0 Å². The fourth-order valence-electron chi connectivity index (χ4n) is 2.04. The second-order valence-electron chi connectivity index (χ2n) is 4.51. The van der Waals surface area contributed by atoms with E-state index in [2.05, 4.69) is 16.6 Å². The minimum atomic E-state index is -0.604. The number of hydrogen-bond acceptors (Lipinski definition) is 3.